The molecule has 1 aliphatic rings. The summed E-state index contributed by atoms with van der Waals surface area (Å²) in [5, 5.41) is 3.92. The van der Waals surface area contributed by atoms with Crippen LogP contribution in [0.2, 0.25) is 0 Å². The van der Waals surface area contributed by atoms with Crippen molar-refractivity contribution in [3.63, 3.8) is 0 Å². The fourth-order valence-electron chi connectivity index (χ4n) is 3.10. The van der Waals surface area contributed by atoms with Crippen LogP contribution in [0.5, 0.6) is 11.5 Å². The van der Waals surface area contributed by atoms with Crippen LogP contribution < -0.4 is 14.8 Å². The second kappa shape index (κ2) is 6.75. The van der Waals surface area contributed by atoms with Gasteiger partial charge in [0.2, 0.25) is 5.91 Å². The molecule has 0 bridgehead atoms. The van der Waals surface area contributed by atoms with E-state index in [-0.39, 0.29) is 18.4 Å². The average molecular weight is 351 g/mol. The zero-order valence-corrected chi connectivity index (χ0v) is 14.9. The summed E-state index contributed by atoms with van der Waals surface area (Å²) in [6, 6.07) is 11.6. The van der Waals surface area contributed by atoms with Gasteiger partial charge >= 0.3 is 0 Å². The van der Waals surface area contributed by atoms with E-state index in [2.05, 4.69) is 18.3 Å². The van der Waals surface area contributed by atoms with Crippen LogP contribution in [0.25, 0.3) is 11.0 Å². The smallest absolute Gasteiger partial charge is 0.224 e. The van der Waals surface area contributed by atoms with Gasteiger partial charge in [0.05, 0.1) is 19.2 Å². The lowest BCUT2D eigenvalue weighted by Crippen LogP contribution is -2.41. The van der Waals surface area contributed by atoms with Crippen LogP contribution in [-0.2, 0) is 11.2 Å². The van der Waals surface area contributed by atoms with Gasteiger partial charge in [-0.3, -0.25) is 4.79 Å². The van der Waals surface area contributed by atoms with Gasteiger partial charge in [0, 0.05) is 10.9 Å². The zero-order valence-electron chi connectivity index (χ0n) is 14.9. The molecule has 3 aromatic rings. The summed E-state index contributed by atoms with van der Waals surface area (Å²) in [6.45, 7) is 4.93. The highest BCUT2D eigenvalue weighted by atomic mass is 16.6. The lowest BCUT2D eigenvalue weighted by Gasteiger charge is -2.26. The molecule has 0 saturated carbocycles. The Bertz CT molecular complexity index is 960. The Morgan fingerprint density at radius 1 is 1.15 bits per heavy atom. The highest BCUT2D eigenvalue weighted by molar-refractivity contribution is 5.88. The molecule has 1 N–H and O–H groups in total. The molecule has 1 amide bonds. The molecule has 0 aliphatic carbocycles. The molecule has 0 radical (unpaired) electrons. The van der Waals surface area contributed by atoms with Crippen molar-refractivity contribution in [1.82, 2.24) is 5.32 Å². The first-order valence-electron chi connectivity index (χ1n) is 8.72. The van der Waals surface area contributed by atoms with Crippen LogP contribution in [0.3, 0.4) is 0 Å². The Hall–Kier alpha value is -2.95. The number of fused-ring (bicyclic) bond motifs is 2. The molecule has 5 nitrogen and oxygen atoms in total. The van der Waals surface area contributed by atoms with Crippen LogP contribution >= 0.6 is 0 Å². The molecule has 1 unspecified atom stereocenters. The molecule has 134 valence electrons. The Morgan fingerprint density at radius 3 is 2.77 bits per heavy atom. The van der Waals surface area contributed by atoms with Crippen molar-refractivity contribution in [3.8, 4) is 11.5 Å². The molecule has 1 aliphatic heterocycles. The number of aryl methyl sites for hydroxylation is 2. The molecule has 0 spiro atoms. The number of carbonyl (C=O) groups excluding carboxylic acids is 1. The summed E-state index contributed by atoms with van der Waals surface area (Å²) < 4.78 is 17.1. The van der Waals surface area contributed by atoms with Gasteiger partial charge in [-0.25, -0.2) is 0 Å². The minimum Gasteiger partial charge on any atom is -0.486 e. The Kier molecular flexibility index (Phi) is 4.29. The van der Waals surface area contributed by atoms with Crippen molar-refractivity contribution in [2.45, 2.75) is 26.4 Å². The average Bonchev–Trinajstić information content (AvgIpc) is 3.02. The van der Waals surface area contributed by atoms with Gasteiger partial charge < -0.3 is 19.2 Å². The number of carbonyl (C=O) groups is 1. The monoisotopic (exact) mass is 351 g/mol. The minimum absolute atomic E-state index is 0.0617. The first-order chi connectivity index (χ1) is 12.6. The van der Waals surface area contributed by atoms with Gasteiger partial charge in [0.15, 0.2) is 11.5 Å². The number of benzene rings is 2. The molecule has 4 rings (SSSR count). The van der Waals surface area contributed by atoms with Crippen LogP contribution in [-0.4, -0.2) is 25.2 Å². The maximum atomic E-state index is 12.3. The van der Waals surface area contributed by atoms with Crippen molar-refractivity contribution in [1.29, 1.82) is 0 Å². The summed E-state index contributed by atoms with van der Waals surface area (Å²) in [5.74, 6) is 1.39. The summed E-state index contributed by atoms with van der Waals surface area (Å²) in [7, 11) is 0. The second-order valence-corrected chi connectivity index (χ2v) is 6.67. The van der Waals surface area contributed by atoms with Crippen LogP contribution in [0, 0.1) is 13.8 Å². The number of furan rings is 1. The van der Waals surface area contributed by atoms with E-state index in [0.717, 1.165) is 22.3 Å². The van der Waals surface area contributed by atoms with Crippen molar-refractivity contribution in [2.75, 3.05) is 13.2 Å². The number of ether oxygens (including phenoxy) is 2. The Labute approximate surface area is 151 Å². The van der Waals surface area contributed by atoms with Gasteiger partial charge in [-0.15, -0.1) is 0 Å². The molecule has 1 aromatic heterocycles. The molecular formula is C21H21NO4. The molecule has 0 fully saturated rings. The van der Waals surface area contributed by atoms with Crippen LogP contribution in [0.1, 0.15) is 16.7 Å². The number of amides is 1. The largest absolute Gasteiger partial charge is 0.486 e. The third-order valence-corrected chi connectivity index (χ3v) is 4.72. The standard InChI is InChI=1S/C21H21NO4/c1-13-7-17-15(11-24-20(17)8-14(13)2)9-21(23)22-10-16-12-25-18-5-3-4-6-19(18)26-16/h3-8,11,16H,9-10,12H2,1-2H3,(H,22,23). The van der Waals surface area contributed by atoms with Crippen LogP contribution in [0.15, 0.2) is 47.1 Å². The summed E-state index contributed by atoms with van der Waals surface area (Å²) >= 11 is 0. The molecule has 2 aromatic carbocycles. The van der Waals surface area contributed by atoms with Gasteiger partial charge in [-0.2, -0.15) is 0 Å². The van der Waals surface area contributed by atoms with Crippen molar-refractivity contribution >= 4 is 16.9 Å². The second-order valence-electron chi connectivity index (χ2n) is 6.67. The minimum atomic E-state index is -0.195. The number of hydrogen-bond donors (Lipinski definition) is 1. The molecule has 5 heteroatoms. The van der Waals surface area contributed by atoms with Gasteiger partial charge in [-0.1, -0.05) is 12.1 Å². The van der Waals surface area contributed by atoms with E-state index in [0.29, 0.717) is 18.9 Å². The normalized spacial score (nSPS) is 15.8. The molecular weight excluding hydrogens is 330 g/mol. The lowest BCUT2D eigenvalue weighted by molar-refractivity contribution is -0.120. The predicted octanol–water partition coefficient (Wildman–Crippen LogP) is 3.55. The Balaban J connectivity index is 1.37. The van der Waals surface area contributed by atoms with E-state index < -0.39 is 0 Å². The van der Waals surface area contributed by atoms with E-state index in [1.807, 2.05) is 37.3 Å². The van der Waals surface area contributed by atoms with Gasteiger partial charge in [0.25, 0.3) is 0 Å². The topological polar surface area (TPSA) is 60.7 Å². The van der Waals surface area contributed by atoms with E-state index in [1.54, 1.807) is 6.26 Å². The van der Waals surface area contributed by atoms with Crippen molar-refractivity contribution in [2.24, 2.45) is 0 Å². The van der Waals surface area contributed by atoms with Gasteiger partial charge in [-0.05, 0) is 49.2 Å². The Morgan fingerprint density at radius 2 is 1.92 bits per heavy atom. The number of hydrogen-bond acceptors (Lipinski definition) is 4. The summed E-state index contributed by atoms with van der Waals surface area (Å²) in [6.07, 6.45) is 1.75. The maximum absolute atomic E-state index is 12.3. The first kappa shape index (κ1) is 16.5. The number of nitrogens with one attached hydrogen (secondary N) is 1. The highest BCUT2D eigenvalue weighted by Crippen LogP contribution is 2.30. The summed E-state index contributed by atoms with van der Waals surface area (Å²) in [4.78, 5) is 12.3. The first-order valence-corrected chi connectivity index (χ1v) is 8.72. The third-order valence-electron chi connectivity index (χ3n) is 4.72. The van der Waals surface area contributed by atoms with Crippen molar-refractivity contribution < 1.29 is 18.7 Å². The van der Waals surface area contributed by atoms with E-state index in [4.69, 9.17) is 13.9 Å². The summed E-state index contributed by atoms with van der Waals surface area (Å²) in [5.41, 5.74) is 4.08. The van der Waals surface area contributed by atoms with Crippen LogP contribution in [0.4, 0.5) is 0 Å². The molecule has 26 heavy (non-hydrogen) atoms. The molecule has 1 atom stereocenters. The fourth-order valence-corrected chi connectivity index (χ4v) is 3.10. The van der Waals surface area contributed by atoms with Gasteiger partial charge in [0.1, 0.15) is 18.3 Å². The highest BCUT2D eigenvalue weighted by Gasteiger charge is 2.21. The SMILES string of the molecule is Cc1cc2occ(CC(=O)NCC3COc4ccccc4O3)c2cc1C. The molecule has 2 heterocycles. The predicted molar refractivity (Wildman–Crippen MR) is 98.8 cm³/mol. The maximum Gasteiger partial charge on any atom is 0.224 e. The van der Waals surface area contributed by atoms with E-state index in [9.17, 15) is 4.79 Å². The quantitative estimate of drug-likeness (QED) is 0.781. The molecule has 0 saturated heterocycles. The number of para-hydroxylation sites is 2. The lowest BCUT2D eigenvalue weighted by atomic mass is 10.0. The van der Waals surface area contributed by atoms with Crippen molar-refractivity contribution in [3.05, 3.63) is 59.4 Å². The zero-order chi connectivity index (χ0) is 18.1. The third kappa shape index (κ3) is 3.25. The van der Waals surface area contributed by atoms with E-state index >= 15 is 0 Å². The number of rotatable bonds is 4. The van der Waals surface area contributed by atoms with E-state index in [1.165, 1.54) is 11.1 Å². The fraction of sp³-hybridized carbons (Fsp3) is 0.286.